The third kappa shape index (κ3) is 3.75. The zero-order valence-corrected chi connectivity index (χ0v) is 11.5. The molecule has 1 saturated heterocycles. The number of ketones is 1. The van der Waals surface area contributed by atoms with Gasteiger partial charge in [-0.1, -0.05) is 37.3 Å². The van der Waals surface area contributed by atoms with Gasteiger partial charge in [-0.15, -0.1) is 0 Å². The molecule has 21 heavy (non-hydrogen) atoms. The average Bonchev–Trinajstić information content (AvgIpc) is 2.77. The molecule has 1 N–H and O–H groups in total. The lowest BCUT2D eigenvalue weighted by Gasteiger charge is -2.13. The number of hydrogen-bond acceptors (Lipinski definition) is 5. The Balaban J connectivity index is 1.90. The first-order valence-corrected chi connectivity index (χ1v) is 6.60. The maximum absolute atomic E-state index is 12.0. The van der Waals surface area contributed by atoms with Crippen LogP contribution in [0.15, 0.2) is 30.3 Å². The minimum Gasteiger partial charge on any atom is -0.451 e. The molecule has 1 heterocycles. The number of imide groups is 1. The van der Waals surface area contributed by atoms with Gasteiger partial charge in [-0.25, -0.2) is 0 Å². The number of carbonyl (C=O) groups is 4. The largest absolute Gasteiger partial charge is 0.451 e. The molecule has 2 atom stereocenters. The summed E-state index contributed by atoms with van der Waals surface area (Å²) in [5.41, 5.74) is 0.519. The SMILES string of the molecule is CC(CC(=O)c1ccccc1)C(=O)OC1CC(=O)NC1=O. The summed E-state index contributed by atoms with van der Waals surface area (Å²) in [6.07, 6.45) is -1.26. The molecule has 0 radical (unpaired) electrons. The third-order valence-electron chi connectivity index (χ3n) is 3.17. The molecule has 0 bridgehead atoms. The molecule has 1 aliphatic heterocycles. The summed E-state index contributed by atoms with van der Waals surface area (Å²) >= 11 is 0. The van der Waals surface area contributed by atoms with Crippen LogP contribution in [-0.2, 0) is 19.1 Å². The number of ether oxygens (including phenoxy) is 1. The molecule has 2 unspecified atom stereocenters. The molecule has 0 aromatic heterocycles. The van der Waals surface area contributed by atoms with Gasteiger partial charge in [0.15, 0.2) is 11.9 Å². The number of amides is 2. The molecule has 2 amide bonds. The van der Waals surface area contributed by atoms with Gasteiger partial charge in [-0.3, -0.25) is 24.5 Å². The highest BCUT2D eigenvalue weighted by atomic mass is 16.5. The monoisotopic (exact) mass is 289 g/mol. The Bertz CT molecular complexity index is 581. The summed E-state index contributed by atoms with van der Waals surface area (Å²) in [6, 6.07) is 8.62. The molecule has 1 fully saturated rings. The molecule has 110 valence electrons. The molecule has 0 saturated carbocycles. The minimum atomic E-state index is -1.08. The van der Waals surface area contributed by atoms with Crippen LogP contribution in [0.4, 0.5) is 0 Å². The summed E-state index contributed by atoms with van der Waals surface area (Å²) in [4.78, 5) is 46.1. The van der Waals surface area contributed by atoms with Crippen LogP contribution >= 0.6 is 0 Å². The van der Waals surface area contributed by atoms with Gasteiger partial charge in [0.05, 0.1) is 12.3 Å². The van der Waals surface area contributed by atoms with Crippen LogP contribution in [0.1, 0.15) is 30.1 Å². The van der Waals surface area contributed by atoms with Crippen molar-refractivity contribution >= 4 is 23.6 Å². The fourth-order valence-electron chi connectivity index (χ4n) is 1.98. The molecule has 0 aliphatic carbocycles. The lowest BCUT2D eigenvalue weighted by Crippen LogP contribution is -2.30. The van der Waals surface area contributed by atoms with Crippen LogP contribution < -0.4 is 5.32 Å². The molecule has 6 heteroatoms. The second-order valence-electron chi connectivity index (χ2n) is 4.94. The molecular weight excluding hydrogens is 274 g/mol. The van der Waals surface area contributed by atoms with Gasteiger partial charge in [-0.2, -0.15) is 0 Å². The van der Waals surface area contributed by atoms with Gasteiger partial charge in [0, 0.05) is 12.0 Å². The van der Waals surface area contributed by atoms with Crippen molar-refractivity contribution in [1.82, 2.24) is 5.32 Å². The fraction of sp³-hybridized carbons (Fsp3) is 0.333. The van der Waals surface area contributed by atoms with Gasteiger partial charge in [0.25, 0.3) is 5.91 Å². The van der Waals surface area contributed by atoms with Crippen molar-refractivity contribution in [2.45, 2.75) is 25.9 Å². The number of esters is 1. The topological polar surface area (TPSA) is 89.5 Å². The van der Waals surface area contributed by atoms with Crippen molar-refractivity contribution < 1.29 is 23.9 Å². The number of Topliss-reactive ketones (excluding diaryl/α,β-unsaturated/α-hetero) is 1. The Morgan fingerprint density at radius 2 is 1.95 bits per heavy atom. The van der Waals surface area contributed by atoms with Crippen molar-refractivity contribution in [1.29, 1.82) is 0 Å². The Morgan fingerprint density at radius 1 is 1.29 bits per heavy atom. The van der Waals surface area contributed by atoms with Gasteiger partial charge in [0.2, 0.25) is 5.91 Å². The number of rotatable bonds is 5. The lowest BCUT2D eigenvalue weighted by atomic mass is 10.00. The van der Waals surface area contributed by atoms with E-state index in [1.807, 2.05) is 0 Å². The lowest BCUT2D eigenvalue weighted by molar-refractivity contribution is -0.157. The zero-order chi connectivity index (χ0) is 15.4. The highest BCUT2D eigenvalue weighted by molar-refractivity contribution is 6.05. The number of hydrogen-bond donors (Lipinski definition) is 1. The summed E-state index contributed by atoms with van der Waals surface area (Å²) in [5.74, 6) is -2.59. The van der Waals surface area contributed by atoms with Gasteiger partial charge < -0.3 is 4.74 Å². The van der Waals surface area contributed by atoms with Crippen molar-refractivity contribution in [3.63, 3.8) is 0 Å². The van der Waals surface area contributed by atoms with E-state index in [4.69, 9.17) is 4.74 Å². The van der Waals surface area contributed by atoms with E-state index in [9.17, 15) is 19.2 Å². The van der Waals surface area contributed by atoms with Gasteiger partial charge in [-0.05, 0) is 0 Å². The molecule has 6 nitrogen and oxygen atoms in total. The van der Waals surface area contributed by atoms with Crippen molar-refractivity contribution in [3.8, 4) is 0 Å². The van der Waals surface area contributed by atoms with Crippen LogP contribution in [0.3, 0.4) is 0 Å². The van der Waals surface area contributed by atoms with Crippen molar-refractivity contribution in [3.05, 3.63) is 35.9 Å². The first kappa shape index (κ1) is 14.9. The smallest absolute Gasteiger partial charge is 0.309 e. The van der Waals surface area contributed by atoms with Crippen LogP contribution in [0, 0.1) is 5.92 Å². The summed E-state index contributed by atoms with van der Waals surface area (Å²) in [6.45, 7) is 1.55. The van der Waals surface area contributed by atoms with E-state index in [1.54, 1.807) is 37.3 Å². The molecule has 0 spiro atoms. The van der Waals surface area contributed by atoms with Crippen molar-refractivity contribution in [2.24, 2.45) is 5.92 Å². The number of carbonyl (C=O) groups excluding carboxylic acids is 4. The first-order valence-electron chi connectivity index (χ1n) is 6.60. The summed E-state index contributed by atoms with van der Waals surface area (Å²) in [7, 11) is 0. The van der Waals surface area contributed by atoms with Crippen molar-refractivity contribution in [2.75, 3.05) is 0 Å². The molecule has 1 aromatic rings. The highest BCUT2D eigenvalue weighted by Crippen LogP contribution is 2.14. The van der Waals surface area contributed by atoms with E-state index in [1.165, 1.54) is 0 Å². The van der Waals surface area contributed by atoms with E-state index >= 15 is 0 Å². The Morgan fingerprint density at radius 3 is 2.52 bits per heavy atom. The van der Waals surface area contributed by atoms with E-state index in [2.05, 4.69) is 5.32 Å². The number of nitrogens with one attached hydrogen (secondary N) is 1. The normalized spacial score (nSPS) is 19.0. The van der Waals surface area contributed by atoms with Crippen LogP contribution in [0.5, 0.6) is 0 Å². The average molecular weight is 289 g/mol. The van der Waals surface area contributed by atoms with Gasteiger partial charge >= 0.3 is 5.97 Å². The van der Waals surface area contributed by atoms with E-state index in [0.717, 1.165) is 0 Å². The molecular formula is C15H15NO5. The predicted octanol–water partition coefficient (Wildman–Crippen LogP) is 0.854. The second kappa shape index (κ2) is 6.30. The maximum Gasteiger partial charge on any atom is 0.309 e. The predicted molar refractivity (Wildman–Crippen MR) is 72.2 cm³/mol. The molecule has 1 aliphatic rings. The molecule has 2 rings (SSSR count). The van der Waals surface area contributed by atoms with E-state index in [-0.39, 0.29) is 18.6 Å². The number of benzene rings is 1. The van der Waals surface area contributed by atoms with E-state index in [0.29, 0.717) is 5.56 Å². The van der Waals surface area contributed by atoms with Crippen LogP contribution in [-0.4, -0.2) is 29.7 Å². The highest BCUT2D eigenvalue weighted by Gasteiger charge is 2.35. The standard InChI is InChI=1S/C15H15NO5/c1-9(7-11(17)10-5-3-2-4-6-10)15(20)21-12-8-13(18)16-14(12)19/h2-6,9,12H,7-8H2,1H3,(H,16,18,19). The van der Waals surface area contributed by atoms with Crippen LogP contribution in [0.25, 0.3) is 0 Å². The molecule has 1 aromatic carbocycles. The van der Waals surface area contributed by atoms with Gasteiger partial charge in [0.1, 0.15) is 0 Å². The second-order valence-corrected chi connectivity index (χ2v) is 4.94. The quantitative estimate of drug-likeness (QED) is 0.493. The maximum atomic E-state index is 12.0. The Labute approximate surface area is 121 Å². The zero-order valence-electron chi connectivity index (χ0n) is 11.5. The first-order chi connectivity index (χ1) is 9.97. The summed E-state index contributed by atoms with van der Waals surface area (Å²) in [5, 5.41) is 2.06. The summed E-state index contributed by atoms with van der Waals surface area (Å²) < 4.78 is 4.97. The minimum absolute atomic E-state index is 0.00880. The van der Waals surface area contributed by atoms with Crippen LogP contribution in [0.2, 0.25) is 0 Å². The van der Waals surface area contributed by atoms with E-state index < -0.39 is 29.8 Å². The fourth-order valence-corrected chi connectivity index (χ4v) is 1.98. The third-order valence-corrected chi connectivity index (χ3v) is 3.17. The Hall–Kier alpha value is -2.50. The Kier molecular flexibility index (Phi) is 4.47.